The lowest BCUT2D eigenvalue weighted by molar-refractivity contribution is -0.123. The molecule has 1 amide bonds. The molecule has 0 bridgehead atoms. The van der Waals surface area contributed by atoms with E-state index in [-0.39, 0.29) is 11.9 Å². The molecule has 0 aliphatic heterocycles. The summed E-state index contributed by atoms with van der Waals surface area (Å²) in [5, 5.41) is 6.44. The number of carbonyl (C=O) groups is 1. The topological polar surface area (TPSA) is 86.5 Å². The van der Waals surface area contributed by atoms with Crippen molar-refractivity contribution in [3.63, 3.8) is 0 Å². The number of nitrogens with zero attached hydrogens (tertiary/aromatic N) is 2. The molecule has 1 N–H and O–H groups in total. The predicted octanol–water partition coefficient (Wildman–Crippen LogP) is 4.31. The van der Waals surface area contributed by atoms with E-state index >= 15 is 0 Å². The van der Waals surface area contributed by atoms with Crippen LogP contribution < -0.4 is 14.8 Å². The molecule has 7 nitrogen and oxygen atoms in total. The van der Waals surface area contributed by atoms with Gasteiger partial charge in [0.25, 0.3) is 11.8 Å². The minimum atomic E-state index is -0.538. The van der Waals surface area contributed by atoms with Crippen LogP contribution in [0.4, 0.5) is 5.95 Å². The molecule has 1 aromatic heterocycles. The minimum absolute atomic E-state index is 0.148. The van der Waals surface area contributed by atoms with E-state index in [9.17, 15) is 4.79 Å². The summed E-state index contributed by atoms with van der Waals surface area (Å²) < 4.78 is 16.2. The standard InChI is InChI=1S/C21H23N3O4/c1-21(2,3)19(25)23-20-22-18(28-24-20)15-7-11-17(12-8-15)27-13-14-5-9-16(26-4)10-6-14/h5-12H,13H2,1-4H3,(H,23,24,25). The second kappa shape index (κ2) is 8.12. The molecule has 0 spiro atoms. The van der Waals surface area contributed by atoms with Gasteiger partial charge < -0.3 is 14.0 Å². The Balaban J connectivity index is 1.60. The summed E-state index contributed by atoms with van der Waals surface area (Å²) >= 11 is 0. The lowest BCUT2D eigenvalue weighted by atomic mass is 9.96. The van der Waals surface area contributed by atoms with Crippen molar-refractivity contribution in [3.8, 4) is 23.0 Å². The number of carbonyl (C=O) groups excluding carboxylic acids is 1. The fourth-order valence-corrected chi connectivity index (χ4v) is 2.26. The Labute approximate surface area is 163 Å². The van der Waals surface area contributed by atoms with Crippen molar-refractivity contribution in [2.75, 3.05) is 12.4 Å². The van der Waals surface area contributed by atoms with E-state index in [0.29, 0.717) is 12.5 Å². The molecule has 0 unspecified atom stereocenters. The molecule has 7 heteroatoms. The van der Waals surface area contributed by atoms with Crippen LogP contribution in [0.5, 0.6) is 11.5 Å². The summed E-state index contributed by atoms with van der Waals surface area (Å²) in [6.07, 6.45) is 0. The van der Waals surface area contributed by atoms with E-state index in [1.807, 2.05) is 69.3 Å². The molecular formula is C21H23N3O4. The predicted molar refractivity (Wildman–Crippen MR) is 105 cm³/mol. The quantitative estimate of drug-likeness (QED) is 0.685. The molecule has 0 aliphatic carbocycles. The second-order valence-electron chi connectivity index (χ2n) is 7.29. The molecule has 3 rings (SSSR count). The van der Waals surface area contributed by atoms with Gasteiger partial charge in [-0.3, -0.25) is 10.1 Å². The zero-order valence-electron chi connectivity index (χ0n) is 16.4. The van der Waals surface area contributed by atoms with Gasteiger partial charge >= 0.3 is 0 Å². The van der Waals surface area contributed by atoms with Crippen molar-refractivity contribution in [2.45, 2.75) is 27.4 Å². The first-order valence-corrected chi connectivity index (χ1v) is 8.86. The Hall–Kier alpha value is -3.35. The summed E-state index contributed by atoms with van der Waals surface area (Å²) in [7, 11) is 1.64. The first kappa shape index (κ1) is 19.4. The van der Waals surface area contributed by atoms with Gasteiger partial charge in [-0.15, -0.1) is 0 Å². The maximum absolute atomic E-state index is 12.0. The highest BCUT2D eigenvalue weighted by Gasteiger charge is 2.23. The Morgan fingerprint density at radius 1 is 1.04 bits per heavy atom. The number of rotatable bonds is 6. The van der Waals surface area contributed by atoms with E-state index in [2.05, 4.69) is 15.5 Å². The molecule has 1 heterocycles. The van der Waals surface area contributed by atoms with Crippen molar-refractivity contribution in [1.82, 2.24) is 10.1 Å². The molecule has 0 saturated heterocycles. The Morgan fingerprint density at radius 3 is 2.29 bits per heavy atom. The van der Waals surface area contributed by atoms with Crippen molar-refractivity contribution in [1.29, 1.82) is 0 Å². The molecule has 0 saturated carbocycles. The molecule has 0 fully saturated rings. The van der Waals surface area contributed by atoms with Crippen LogP contribution in [-0.4, -0.2) is 23.2 Å². The van der Waals surface area contributed by atoms with Crippen LogP contribution in [0.2, 0.25) is 0 Å². The van der Waals surface area contributed by atoms with Crippen LogP contribution in [0.15, 0.2) is 53.1 Å². The lowest BCUT2D eigenvalue weighted by Gasteiger charge is -2.15. The number of benzene rings is 2. The third-order valence-electron chi connectivity index (χ3n) is 4.00. The van der Waals surface area contributed by atoms with Gasteiger partial charge in [0.15, 0.2) is 0 Å². The van der Waals surface area contributed by atoms with E-state index in [4.69, 9.17) is 14.0 Å². The summed E-state index contributed by atoms with van der Waals surface area (Å²) in [4.78, 5) is 16.2. The summed E-state index contributed by atoms with van der Waals surface area (Å²) in [5.41, 5.74) is 1.24. The van der Waals surface area contributed by atoms with E-state index in [1.165, 1.54) is 0 Å². The van der Waals surface area contributed by atoms with Crippen molar-refractivity contribution < 1.29 is 18.8 Å². The van der Waals surface area contributed by atoms with Gasteiger partial charge in [-0.1, -0.05) is 32.9 Å². The number of nitrogens with one attached hydrogen (secondary N) is 1. The summed E-state index contributed by atoms with van der Waals surface area (Å²) in [5.74, 6) is 1.83. The molecule has 0 aliphatic rings. The molecule has 28 heavy (non-hydrogen) atoms. The maximum atomic E-state index is 12.0. The third kappa shape index (κ3) is 4.88. The van der Waals surface area contributed by atoms with E-state index in [1.54, 1.807) is 7.11 Å². The maximum Gasteiger partial charge on any atom is 0.270 e. The Morgan fingerprint density at radius 2 is 1.68 bits per heavy atom. The van der Waals surface area contributed by atoms with Gasteiger partial charge in [0, 0.05) is 11.0 Å². The van der Waals surface area contributed by atoms with E-state index in [0.717, 1.165) is 22.6 Å². The summed E-state index contributed by atoms with van der Waals surface area (Å²) in [6.45, 7) is 5.89. The minimum Gasteiger partial charge on any atom is -0.497 e. The highest BCUT2D eigenvalue weighted by Crippen LogP contribution is 2.23. The average molecular weight is 381 g/mol. The van der Waals surface area contributed by atoms with Crippen LogP contribution in [0, 0.1) is 5.41 Å². The molecule has 2 aromatic carbocycles. The van der Waals surface area contributed by atoms with Crippen molar-refractivity contribution >= 4 is 11.9 Å². The van der Waals surface area contributed by atoms with Gasteiger partial charge in [0.2, 0.25) is 5.91 Å². The van der Waals surface area contributed by atoms with Crippen molar-refractivity contribution in [2.24, 2.45) is 5.41 Å². The molecule has 0 atom stereocenters. The highest BCUT2D eigenvalue weighted by molar-refractivity contribution is 5.93. The first-order chi connectivity index (χ1) is 13.3. The number of hydrogen-bond acceptors (Lipinski definition) is 6. The lowest BCUT2D eigenvalue weighted by Crippen LogP contribution is -2.28. The van der Waals surface area contributed by atoms with Crippen LogP contribution in [0.25, 0.3) is 11.5 Å². The normalized spacial score (nSPS) is 11.1. The average Bonchev–Trinajstić information content (AvgIpc) is 3.15. The van der Waals surface area contributed by atoms with Crippen LogP contribution in [0.1, 0.15) is 26.3 Å². The zero-order valence-corrected chi connectivity index (χ0v) is 16.4. The summed E-state index contributed by atoms with van der Waals surface area (Å²) in [6, 6.07) is 15.0. The highest BCUT2D eigenvalue weighted by atomic mass is 16.5. The van der Waals surface area contributed by atoms with Gasteiger partial charge in [0.1, 0.15) is 18.1 Å². The monoisotopic (exact) mass is 381 g/mol. The fourth-order valence-electron chi connectivity index (χ4n) is 2.26. The third-order valence-corrected chi connectivity index (χ3v) is 4.00. The number of anilines is 1. The van der Waals surface area contributed by atoms with Gasteiger partial charge in [-0.05, 0) is 47.1 Å². The first-order valence-electron chi connectivity index (χ1n) is 8.86. The number of hydrogen-bond donors (Lipinski definition) is 1. The van der Waals surface area contributed by atoms with E-state index < -0.39 is 5.41 Å². The zero-order chi connectivity index (χ0) is 20.1. The smallest absolute Gasteiger partial charge is 0.270 e. The fraction of sp³-hybridized carbons (Fsp3) is 0.286. The van der Waals surface area contributed by atoms with Gasteiger partial charge in [-0.25, -0.2) is 0 Å². The molecule has 3 aromatic rings. The van der Waals surface area contributed by atoms with Crippen LogP contribution >= 0.6 is 0 Å². The molecule has 0 radical (unpaired) electrons. The number of amides is 1. The second-order valence-corrected chi connectivity index (χ2v) is 7.29. The number of methoxy groups -OCH3 is 1. The number of aromatic nitrogens is 2. The number of ether oxygens (including phenoxy) is 2. The van der Waals surface area contributed by atoms with Crippen LogP contribution in [-0.2, 0) is 11.4 Å². The van der Waals surface area contributed by atoms with Gasteiger partial charge in [0.05, 0.1) is 7.11 Å². The SMILES string of the molecule is COc1ccc(COc2ccc(-c3nc(NC(=O)C(C)(C)C)no3)cc2)cc1. The largest absolute Gasteiger partial charge is 0.497 e. The van der Waals surface area contributed by atoms with Gasteiger partial charge in [-0.2, -0.15) is 4.98 Å². The molecular weight excluding hydrogens is 358 g/mol. The van der Waals surface area contributed by atoms with Crippen molar-refractivity contribution in [3.05, 3.63) is 54.1 Å². The Bertz CT molecular complexity index is 926. The van der Waals surface area contributed by atoms with Crippen LogP contribution in [0.3, 0.4) is 0 Å². The molecule has 146 valence electrons. The Kier molecular flexibility index (Phi) is 5.63.